The summed E-state index contributed by atoms with van der Waals surface area (Å²) in [5.74, 6) is -0.507. The minimum Gasteiger partial charge on any atom is -0.399 e. The van der Waals surface area contributed by atoms with Gasteiger partial charge in [0, 0.05) is 18.8 Å². The SMILES string of the molecule is Nc1ccc2c(c1)CCN(C(=O)C(CO)c1ccccc1)C2. The van der Waals surface area contributed by atoms with Crippen molar-refractivity contribution in [2.45, 2.75) is 18.9 Å². The van der Waals surface area contributed by atoms with Gasteiger partial charge in [-0.2, -0.15) is 0 Å². The molecule has 1 amide bonds. The van der Waals surface area contributed by atoms with Crippen LogP contribution in [0.2, 0.25) is 0 Å². The number of nitrogens with two attached hydrogens (primary N) is 1. The zero-order chi connectivity index (χ0) is 15.5. The Morgan fingerprint density at radius 2 is 1.95 bits per heavy atom. The number of aliphatic hydroxyl groups excluding tert-OH is 1. The number of nitrogens with zero attached hydrogens (tertiary/aromatic N) is 1. The molecule has 1 atom stereocenters. The van der Waals surface area contributed by atoms with Crippen LogP contribution in [0.3, 0.4) is 0 Å². The van der Waals surface area contributed by atoms with E-state index in [9.17, 15) is 9.90 Å². The van der Waals surface area contributed by atoms with Crippen LogP contribution in [0.25, 0.3) is 0 Å². The Hall–Kier alpha value is -2.33. The van der Waals surface area contributed by atoms with Crippen molar-refractivity contribution in [2.24, 2.45) is 0 Å². The first-order valence-electron chi connectivity index (χ1n) is 7.51. The van der Waals surface area contributed by atoms with E-state index in [0.29, 0.717) is 13.1 Å². The third-order valence-electron chi connectivity index (χ3n) is 4.24. The molecule has 0 saturated carbocycles. The van der Waals surface area contributed by atoms with E-state index in [1.54, 1.807) is 0 Å². The zero-order valence-electron chi connectivity index (χ0n) is 12.4. The van der Waals surface area contributed by atoms with Gasteiger partial charge in [0.05, 0.1) is 12.5 Å². The fraction of sp³-hybridized carbons (Fsp3) is 0.278. The van der Waals surface area contributed by atoms with Crippen LogP contribution in [0.15, 0.2) is 48.5 Å². The molecule has 1 unspecified atom stereocenters. The molecule has 114 valence electrons. The molecule has 4 nitrogen and oxygen atoms in total. The summed E-state index contributed by atoms with van der Waals surface area (Å²) < 4.78 is 0. The van der Waals surface area contributed by atoms with Gasteiger partial charge < -0.3 is 15.7 Å². The van der Waals surface area contributed by atoms with Gasteiger partial charge >= 0.3 is 0 Å². The zero-order valence-corrected chi connectivity index (χ0v) is 12.4. The molecule has 0 saturated heterocycles. The molecule has 0 radical (unpaired) electrons. The van der Waals surface area contributed by atoms with E-state index in [1.165, 1.54) is 5.56 Å². The molecule has 3 rings (SSSR count). The molecule has 22 heavy (non-hydrogen) atoms. The minimum absolute atomic E-state index is 0.0174. The number of rotatable bonds is 3. The van der Waals surface area contributed by atoms with Crippen LogP contribution in [-0.4, -0.2) is 29.1 Å². The van der Waals surface area contributed by atoms with E-state index in [0.717, 1.165) is 23.2 Å². The fourth-order valence-corrected chi connectivity index (χ4v) is 2.99. The van der Waals surface area contributed by atoms with Gasteiger partial charge in [-0.1, -0.05) is 36.4 Å². The molecule has 0 aromatic heterocycles. The van der Waals surface area contributed by atoms with E-state index < -0.39 is 5.92 Å². The summed E-state index contributed by atoms with van der Waals surface area (Å²) in [4.78, 5) is 14.6. The fourth-order valence-electron chi connectivity index (χ4n) is 2.99. The number of fused-ring (bicyclic) bond motifs is 1. The maximum atomic E-state index is 12.7. The number of carbonyl (C=O) groups excluding carboxylic acids is 1. The number of carbonyl (C=O) groups is 1. The quantitative estimate of drug-likeness (QED) is 0.851. The van der Waals surface area contributed by atoms with Crippen molar-refractivity contribution in [3.63, 3.8) is 0 Å². The molecular formula is C18H20N2O2. The maximum Gasteiger partial charge on any atom is 0.232 e. The van der Waals surface area contributed by atoms with E-state index in [1.807, 2.05) is 53.4 Å². The van der Waals surface area contributed by atoms with Crippen molar-refractivity contribution < 1.29 is 9.90 Å². The van der Waals surface area contributed by atoms with E-state index in [4.69, 9.17) is 5.73 Å². The number of amides is 1. The smallest absolute Gasteiger partial charge is 0.232 e. The van der Waals surface area contributed by atoms with Gasteiger partial charge in [-0.15, -0.1) is 0 Å². The van der Waals surface area contributed by atoms with E-state index in [-0.39, 0.29) is 12.5 Å². The van der Waals surface area contributed by atoms with Crippen molar-refractivity contribution in [1.29, 1.82) is 0 Å². The Balaban J connectivity index is 1.79. The third kappa shape index (κ3) is 2.83. The summed E-state index contributed by atoms with van der Waals surface area (Å²) in [6, 6.07) is 15.3. The predicted molar refractivity (Wildman–Crippen MR) is 86.2 cm³/mol. The van der Waals surface area contributed by atoms with Gasteiger partial charge in [-0.3, -0.25) is 4.79 Å². The molecule has 1 heterocycles. The molecule has 2 aromatic carbocycles. The molecule has 4 heteroatoms. The summed E-state index contributed by atoms with van der Waals surface area (Å²) in [6.07, 6.45) is 0.805. The highest BCUT2D eigenvalue weighted by molar-refractivity contribution is 5.84. The van der Waals surface area contributed by atoms with Crippen LogP contribution in [0, 0.1) is 0 Å². The molecule has 1 aliphatic rings. The molecule has 0 spiro atoms. The standard InChI is InChI=1S/C18H20N2O2/c19-16-7-6-15-11-20(9-8-14(15)10-16)18(22)17(12-21)13-4-2-1-3-5-13/h1-7,10,17,21H,8-9,11-12,19H2. The molecular weight excluding hydrogens is 276 g/mol. The lowest BCUT2D eigenvalue weighted by molar-refractivity contribution is -0.134. The molecule has 0 fully saturated rings. The maximum absolute atomic E-state index is 12.7. The van der Waals surface area contributed by atoms with Gasteiger partial charge in [-0.25, -0.2) is 0 Å². The van der Waals surface area contributed by atoms with Gasteiger partial charge in [0.25, 0.3) is 0 Å². The number of hydrogen-bond donors (Lipinski definition) is 2. The lowest BCUT2D eigenvalue weighted by atomic mass is 9.95. The summed E-state index contributed by atoms with van der Waals surface area (Å²) in [6.45, 7) is 1.07. The highest BCUT2D eigenvalue weighted by Gasteiger charge is 2.27. The topological polar surface area (TPSA) is 66.6 Å². The second-order valence-corrected chi connectivity index (χ2v) is 5.68. The van der Waals surface area contributed by atoms with Crippen molar-refractivity contribution in [3.05, 3.63) is 65.2 Å². The molecule has 0 aliphatic carbocycles. The Bertz CT molecular complexity index is 670. The van der Waals surface area contributed by atoms with E-state index in [2.05, 4.69) is 0 Å². The number of anilines is 1. The normalized spacial score (nSPS) is 15.2. The number of hydrogen-bond acceptors (Lipinski definition) is 3. The lowest BCUT2D eigenvalue weighted by Crippen LogP contribution is -2.40. The van der Waals surface area contributed by atoms with Gasteiger partial charge in [0.15, 0.2) is 0 Å². The Labute approximate surface area is 130 Å². The first kappa shape index (κ1) is 14.6. The Kier molecular flexibility index (Phi) is 4.11. The predicted octanol–water partition coefficient (Wildman–Crippen LogP) is 1.93. The summed E-state index contributed by atoms with van der Waals surface area (Å²) in [5, 5.41) is 9.65. The van der Waals surface area contributed by atoms with Crippen molar-refractivity contribution >= 4 is 11.6 Å². The summed E-state index contributed by atoms with van der Waals surface area (Å²) in [5.41, 5.74) is 9.78. The largest absolute Gasteiger partial charge is 0.399 e. The Morgan fingerprint density at radius 3 is 2.68 bits per heavy atom. The van der Waals surface area contributed by atoms with Crippen molar-refractivity contribution in [1.82, 2.24) is 4.90 Å². The monoisotopic (exact) mass is 296 g/mol. The first-order chi connectivity index (χ1) is 10.7. The molecule has 2 aromatic rings. The van der Waals surface area contributed by atoms with Gasteiger partial charge in [0.1, 0.15) is 0 Å². The van der Waals surface area contributed by atoms with Crippen LogP contribution in [-0.2, 0) is 17.8 Å². The van der Waals surface area contributed by atoms with Crippen molar-refractivity contribution in [3.8, 4) is 0 Å². The molecule has 0 bridgehead atoms. The Morgan fingerprint density at radius 1 is 1.18 bits per heavy atom. The number of benzene rings is 2. The second-order valence-electron chi connectivity index (χ2n) is 5.68. The van der Waals surface area contributed by atoms with Crippen LogP contribution in [0.1, 0.15) is 22.6 Å². The third-order valence-corrected chi connectivity index (χ3v) is 4.24. The van der Waals surface area contributed by atoms with E-state index >= 15 is 0 Å². The average Bonchev–Trinajstić information content (AvgIpc) is 2.56. The highest BCUT2D eigenvalue weighted by atomic mass is 16.3. The van der Waals surface area contributed by atoms with Crippen LogP contribution < -0.4 is 5.73 Å². The van der Waals surface area contributed by atoms with Crippen LogP contribution in [0.5, 0.6) is 0 Å². The van der Waals surface area contributed by atoms with Crippen LogP contribution >= 0.6 is 0 Å². The lowest BCUT2D eigenvalue weighted by Gasteiger charge is -2.31. The van der Waals surface area contributed by atoms with Gasteiger partial charge in [-0.05, 0) is 35.2 Å². The summed E-state index contributed by atoms with van der Waals surface area (Å²) >= 11 is 0. The minimum atomic E-state index is -0.489. The molecule has 3 N–H and O–H groups in total. The summed E-state index contributed by atoms with van der Waals surface area (Å²) in [7, 11) is 0. The highest BCUT2D eigenvalue weighted by Crippen LogP contribution is 2.25. The first-order valence-corrected chi connectivity index (χ1v) is 7.51. The average molecular weight is 296 g/mol. The molecule has 1 aliphatic heterocycles. The van der Waals surface area contributed by atoms with Crippen molar-refractivity contribution in [2.75, 3.05) is 18.9 Å². The second kappa shape index (κ2) is 6.20. The number of aliphatic hydroxyl groups is 1. The van der Waals surface area contributed by atoms with Crippen LogP contribution in [0.4, 0.5) is 5.69 Å². The van der Waals surface area contributed by atoms with Gasteiger partial charge in [0.2, 0.25) is 5.91 Å². The number of nitrogen functional groups attached to an aromatic ring is 1.